The fourth-order valence-electron chi connectivity index (χ4n) is 3.66. The van der Waals surface area contributed by atoms with Gasteiger partial charge >= 0.3 is 0 Å². The normalized spacial score (nSPS) is 11.5. The molecule has 6 aromatic rings. The average Bonchev–Trinajstić information content (AvgIpc) is 3.50. The van der Waals surface area contributed by atoms with Crippen LogP contribution in [-0.2, 0) is 0 Å². The van der Waals surface area contributed by atoms with Gasteiger partial charge in [-0.05, 0) is 42.5 Å². The van der Waals surface area contributed by atoms with E-state index < -0.39 is 0 Å². The maximum atomic E-state index is 13.6. The molecule has 0 saturated heterocycles. The highest BCUT2D eigenvalue weighted by Crippen LogP contribution is 2.35. The standard InChI is InChI=1S/C22H14FN7S/c23-19-4-3-18(31-19)20-13-8-17(27-15(13)5-6-26-20)22-21-16(29-30-22)2-1-14(28-21)11-7-12(24)10-25-9-11/h1-10,27H,24H2,(H,29,30). The third kappa shape index (κ3) is 2.94. The SMILES string of the molecule is Nc1cncc(-c2ccc3[nH]nc(-c4cc5c(-c6ccc(F)s6)nccc5[nH]4)c3n2)c1. The quantitative estimate of drug-likeness (QED) is 0.368. The molecule has 0 aliphatic rings. The summed E-state index contributed by atoms with van der Waals surface area (Å²) in [5.74, 6) is 0. The van der Waals surface area contributed by atoms with Gasteiger partial charge in [-0.15, -0.1) is 11.3 Å². The first-order chi connectivity index (χ1) is 15.2. The minimum Gasteiger partial charge on any atom is -0.397 e. The number of aromatic nitrogens is 6. The maximum absolute atomic E-state index is 13.6. The minimum atomic E-state index is -0.240. The molecule has 0 atom stereocenters. The van der Waals surface area contributed by atoms with Gasteiger partial charge in [0.15, 0.2) is 5.13 Å². The van der Waals surface area contributed by atoms with Gasteiger partial charge < -0.3 is 10.7 Å². The van der Waals surface area contributed by atoms with Crippen LogP contribution in [0.25, 0.3) is 55.2 Å². The van der Waals surface area contributed by atoms with Crippen molar-refractivity contribution in [1.29, 1.82) is 0 Å². The van der Waals surface area contributed by atoms with E-state index in [0.717, 1.165) is 60.8 Å². The van der Waals surface area contributed by atoms with Gasteiger partial charge in [0.1, 0.15) is 11.2 Å². The Morgan fingerprint density at radius 2 is 1.90 bits per heavy atom. The lowest BCUT2D eigenvalue weighted by Crippen LogP contribution is -1.90. The summed E-state index contributed by atoms with van der Waals surface area (Å²) in [6.45, 7) is 0. The number of H-pyrrole nitrogens is 2. The van der Waals surface area contributed by atoms with Crippen molar-refractivity contribution >= 4 is 39.0 Å². The Bertz CT molecular complexity index is 1580. The van der Waals surface area contributed by atoms with E-state index in [2.05, 4.69) is 25.1 Å². The van der Waals surface area contributed by atoms with Crippen molar-refractivity contribution in [2.75, 3.05) is 5.73 Å². The Hall–Kier alpha value is -4.11. The first-order valence-electron chi connectivity index (χ1n) is 9.45. The van der Waals surface area contributed by atoms with Crippen molar-refractivity contribution in [1.82, 2.24) is 30.1 Å². The second-order valence-corrected chi connectivity index (χ2v) is 8.11. The fraction of sp³-hybridized carbons (Fsp3) is 0. The van der Waals surface area contributed by atoms with Crippen LogP contribution < -0.4 is 5.73 Å². The number of nitrogens with one attached hydrogen (secondary N) is 2. The van der Waals surface area contributed by atoms with Gasteiger partial charge in [-0.3, -0.25) is 15.1 Å². The van der Waals surface area contributed by atoms with Crippen molar-refractivity contribution in [3.63, 3.8) is 0 Å². The number of anilines is 1. The summed E-state index contributed by atoms with van der Waals surface area (Å²) in [5.41, 5.74) is 12.7. The van der Waals surface area contributed by atoms with Gasteiger partial charge in [-0.2, -0.15) is 9.49 Å². The zero-order valence-corrected chi connectivity index (χ0v) is 16.7. The molecule has 7 nitrogen and oxygen atoms in total. The van der Waals surface area contributed by atoms with Crippen molar-refractivity contribution in [2.24, 2.45) is 0 Å². The summed E-state index contributed by atoms with van der Waals surface area (Å²) >= 11 is 1.07. The second kappa shape index (κ2) is 6.71. The van der Waals surface area contributed by atoms with Gasteiger partial charge in [0, 0.05) is 35.1 Å². The summed E-state index contributed by atoms with van der Waals surface area (Å²) in [4.78, 5) is 17.6. The Morgan fingerprint density at radius 3 is 2.74 bits per heavy atom. The number of nitrogens with two attached hydrogens (primary N) is 1. The molecule has 150 valence electrons. The molecule has 6 rings (SSSR count). The van der Waals surface area contributed by atoms with Gasteiger partial charge in [0.05, 0.1) is 33.2 Å². The van der Waals surface area contributed by atoms with Crippen LogP contribution in [0.5, 0.6) is 0 Å². The van der Waals surface area contributed by atoms with Crippen LogP contribution in [0.1, 0.15) is 0 Å². The summed E-state index contributed by atoms with van der Waals surface area (Å²) in [6, 6.07) is 12.7. The van der Waals surface area contributed by atoms with Crippen molar-refractivity contribution in [3.05, 3.63) is 66.2 Å². The lowest BCUT2D eigenvalue weighted by molar-refractivity contribution is 0.657. The molecule has 0 saturated carbocycles. The van der Waals surface area contributed by atoms with E-state index in [-0.39, 0.29) is 5.13 Å². The lowest BCUT2D eigenvalue weighted by atomic mass is 10.1. The monoisotopic (exact) mass is 427 g/mol. The molecule has 0 aromatic carbocycles. The summed E-state index contributed by atoms with van der Waals surface area (Å²) in [5, 5.41) is 8.17. The molecule has 4 N–H and O–H groups in total. The number of thiophene rings is 1. The number of halogens is 1. The molecule has 6 aromatic heterocycles. The number of rotatable bonds is 3. The predicted octanol–water partition coefficient (Wildman–Crippen LogP) is 5.01. The predicted molar refractivity (Wildman–Crippen MR) is 120 cm³/mol. The molecule has 0 amide bonds. The summed E-state index contributed by atoms with van der Waals surface area (Å²) in [6.07, 6.45) is 5.04. The number of aromatic amines is 2. The molecule has 6 heterocycles. The zero-order chi connectivity index (χ0) is 20.9. The summed E-state index contributed by atoms with van der Waals surface area (Å²) in [7, 11) is 0. The van der Waals surface area contributed by atoms with E-state index >= 15 is 0 Å². The molecule has 0 aliphatic carbocycles. The number of nitrogens with zero attached hydrogens (tertiary/aromatic N) is 4. The third-order valence-electron chi connectivity index (χ3n) is 5.07. The molecule has 0 fully saturated rings. The highest BCUT2D eigenvalue weighted by Gasteiger charge is 2.16. The van der Waals surface area contributed by atoms with Crippen LogP contribution in [0.4, 0.5) is 10.1 Å². The molecule has 0 spiro atoms. The Labute approximate surface area is 178 Å². The summed E-state index contributed by atoms with van der Waals surface area (Å²) < 4.78 is 13.6. The number of hydrogen-bond donors (Lipinski definition) is 3. The topological polar surface area (TPSA) is 109 Å². The van der Waals surface area contributed by atoms with Gasteiger partial charge in [0.25, 0.3) is 0 Å². The highest BCUT2D eigenvalue weighted by molar-refractivity contribution is 7.13. The molecular weight excluding hydrogens is 413 g/mol. The zero-order valence-electron chi connectivity index (χ0n) is 15.9. The van der Waals surface area contributed by atoms with Crippen molar-refractivity contribution in [3.8, 4) is 33.2 Å². The van der Waals surface area contributed by atoms with Gasteiger partial charge in [-0.1, -0.05) is 0 Å². The lowest BCUT2D eigenvalue weighted by Gasteiger charge is -2.02. The largest absolute Gasteiger partial charge is 0.397 e. The highest BCUT2D eigenvalue weighted by atomic mass is 32.1. The fourth-order valence-corrected chi connectivity index (χ4v) is 4.41. The minimum absolute atomic E-state index is 0.240. The van der Waals surface area contributed by atoms with Crippen molar-refractivity contribution < 1.29 is 4.39 Å². The molecule has 0 bridgehead atoms. The molecule has 0 radical (unpaired) electrons. The van der Waals surface area contributed by atoms with Crippen LogP contribution in [0.15, 0.2) is 61.1 Å². The van der Waals surface area contributed by atoms with Crippen LogP contribution in [0, 0.1) is 5.13 Å². The van der Waals surface area contributed by atoms with Crippen LogP contribution in [0.2, 0.25) is 0 Å². The van der Waals surface area contributed by atoms with E-state index in [1.807, 2.05) is 30.3 Å². The van der Waals surface area contributed by atoms with Gasteiger partial charge in [-0.25, -0.2) is 4.98 Å². The smallest absolute Gasteiger partial charge is 0.177 e. The number of hydrogen-bond acceptors (Lipinski definition) is 6. The van der Waals surface area contributed by atoms with Crippen LogP contribution >= 0.6 is 11.3 Å². The van der Waals surface area contributed by atoms with Crippen molar-refractivity contribution in [2.45, 2.75) is 0 Å². The Morgan fingerprint density at radius 1 is 0.968 bits per heavy atom. The first kappa shape index (κ1) is 17.7. The van der Waals surface area contributed by atoms with E-state index in [1.165, 1.54) is 6.07 Å². The second-order valence-electron chi connectivity index (χ2n) is 7.08. The Kier molecular flexibility index (Phi) is 3.84. The van der Waals surface area contributed by atoms with E-state index in [1.54, 1.807) is 24.7 Å². The third-order valence-corrected chi connectivity index (χ3v) is 5.95. The number of fused-ring (bicyclic) bond motifs is 2. The molecule has 0 aliphatic heterocycles. The van der Waals surface area contributed by atoms with E-state index in [4.69, 9.17) is 10.7 Å². The molecule has 31 heavy (non-hydrogen) atoms. The number of pyridine rings is 3. The van der Waals surface area contributed by atoms with E-state index in [9.17, 15) is 4.39 Å². The molecular formula is C22H14FN7S. The van der Waals surface area contributed by atoms with E-state index in [0.29, 0.717) is 11.4 Å². The number of nitrogen functional groups attached to an aromatic ring is 1. The molecule has 9 heteroatoms. The first-order valence-corrected chi connectivity index (χ1v) is 10.3. The van der Waals surface area contributed by atoms with Crippen LogP contribution in [0.3, 0.4) is 0 Å². The Balaban J connectivity index is 1.51. The molecule has 0 unspecified atom stereocenters. The average molecular weight is 427 g/mol. The maximum Gasteiger partial charge on any atom is 0.177 e. The van der Waals surface area contributed by atoms with Crippen LogP contribution in [-0.4, -0.2) is 30.1 Å². The van der Waals surface area contributed by atoms with Gasteiger partial charge in [0.2, 0.25) is 0 Å².